The maximum atomic E-state index is 12.8. The Morgan fingerprint density at radius 1 is 1.16 bits per heavy atom. The number of ether oxygens (including phenoxy) is 2. The molecule has 32 heavy (non-hydrogen) atoms. The number of hydrogen-bond donors (Lipinski definition) is 1. The number of anilines is 1. The molecule has 0 radical (unpaired) electrons. The van der Waals surface area contributed by atoms with E-state index in [1.165, 1.54) is 7.11 Å². The molecule has 2 aromatic heterocycles. The van der Waals surface area contributed by atoms with Crippen molar-refractivity contribution in [3.8, 4) is 5.75 Å². The average molecular weight is 442 g/mol. The number of nitrogens with zero attached hydrogens (tertiary/aromatic N) is 3. The monoisotopic (exact) mass is 442 g/mol. The van der Waals surface area contributed by atoms with Crippen molar-refractivity contribution in [2.45, 2.75) is 13.5 Å². The molecular formula is C22H19N4NaO5. The summed E-state index contributed by atoms with van der Waals surface area (Å²) in [5.41, 5.74) is 2.60. The van der Waals surface area contributed by atoms with Crippen LogP contribution in [0.25, 0.3) is 21.9 Å². The molecular weight excluding hydrogens is 423 g/mol. The van der Waals surface area contributed by atoms with Crippen molar-refractivity contribution in [2.24, 2.45) is 0 Å². The van der Waals surface area contributed by atoms with Crippen LogP contribution in [-0.4, -0.2) is 40.5 Å². The second-order valence-electron chi connectivity index (χ2n) is 6.83. The molecule has 0 spiro atoms. The van der Waals surface area contributed by atoms with E-state index in [1.54, 1.807) is 25.1 Å². The van der Waals surface area contributed by atoms with E-state index in [0.717, 1.165) is 10.2 Å². The summed E-state index contributed by atoms with van der Waals surface area (Å²) in [4.78, 5) is 28.4. The van der Waals surface area contributed by atoms with E-state index in [1.807, 2.05) is 30.3 Å². The van der Waals surface area contributed by atoms with Crippen LogP contribution in [0.2, 0.25) is 0 Å². The zero-order valence-corrected chi connectivity index (χ0v) is 19.9. The molecule has 0 aliphatic rings. The smallest absolute Gasteiger partial charge is 0.548 e. The van der Waals surface area contributed by atoms with Crippen LogP contribution in [0.15, 0.2) is 48.5 Å². The molecule has 0 amide bonds. The molecule has 0 fully saturated rings. The summed E-state index contributed by atoms with van der Waals surface area (Å²) >= 11 is 0. The van der Waals surface area contributed by atoms with Gasteiger partial charge in [-0.15, -0.1) is 4.68 Å². The number of aromatic nitrogens is 3. The Labute approximate surface area is 205 Å². The second-order valence-corrected chi connectivity index (χ2v) is 6.83. The molecule has 0 unspecified atom stereocenters. The number of fused-ring (bicyclic) bond motifs is 2. The van der Waals surface area contributed by atoms with Crippen molar-refractivity contribution in [1.82, 2.24) is 14.8 Å². The van der Waals surface area contributed by atoms with Gasteiger partial charge < -0.3 is 24.7 Å². The van der Waals surface area contributed by atoms with Gasteiger partial charge in [-0.25, -0.2) is 9.78 Å². The molecule has 4 rings (SSSR count). The summed E-state index contributed by atoms with van der Waals surface area (Å²) in [6, 6.07) is 14.5. The number of benzene rings is 2. The largest absolute Gasteiger partial charge is 1.00 e. The Balaban J connectivity index is 0.00000289. The first-order valence-electron chi connectivity index (χ1n) is 9.49. The Morgan fingerprint density at radius 3 is 2.59 bits per heavy atom. The van der Waals surface area contributed by atoms with E-state index in [9.17, 15) is 14.7 Å². The summed E-state index contributed by atoms with van der Waals surface area (Å²) in [6.07, 6.45) is -0.687. The third-order valence-electron chi connectivity index (χ3n) is 4.77. The SMILES string of the molecule is COc1ccc2nc3c(c(C)nn3C(=O)OCc3ccccc3)c(NCC(=O)[O-])c2c1.[Na+]. The van der Waals surface area contributed by atoms with Gasteiger partial charge >= 0.3 is 35.7 Å². The summed E-state index contributed by atoms with van der Waals surface area (Å²) < 4.78 is 11.8. The standard InChI is InChI=1S/C22H20N4O5.Na/c1-13-19-20(23-11-18(27)28)16-10-15(30-2)8-9-17(16)24-21(19)26(25-13)22(29)31-12-14-6-4-3-5-7-14;/h3-10H,11-12H2,1-2H3,(H,23,24)(H,27,28);/q;+1/p-1. The summed E-state index contributed by atoms with van der Waals surface area (Å²) in [5.74, 6) is -0.689. The van der Waals surface area contributed by atoms with Gasteiger partial charge in [-0.2, -0.15) is 5.10 Å². The molecule has 2 heterocycles. The van der Waals surface area contributed by atoms with Crippen LogP contribution in [0.5, 0.6) is 5.75 Å². The molecule has 0 atom stereocenters. The topological polar surface area (TPSA) is 118 Å². The maximum absolute atomic E-state index is 12.8. The van der Waals surface area contributed by atoms with Crippen LogP contribution < -0.4 is 44.7 Å². The molecule has 4 aromatic rings. The van der Waals surface area contributed by atoms with Gasteiger partial charge in [0.1, 0.15) is 12.4 Å². The summed E-state index contributed by atoms with van der Waals surface area (Å²) in [7, 11) is 1.54. The molecule has 2 aromatic carbocycles. The normalized spacial score (nSPS) is 10.6. The fourth-order valence-corrected chi connectivity index (χ4v) is 3.35. The number of carboxylic acid groups (broad SMARTS) is 1. The molecule has 0 saturated carbocycles. The van der Waals surface area contributed by atoms with E-state index in [4.69, 9.17) is 9.47 Å². The molecule has 9 nitrogen and oxygen atoms in total. The predicted molar refractivity (Wildman–Crippen MR) is 112 cm³/mol. The van der Waals surface area contributed by atoms with Crippen LogP contribution in [0.4, 0.5) is 10.5 Å². The van der Waals surface area contributed by atoms with Crippen molar-refractivity contribution >= 4 is 39.7 Å². The first-order valence-corrected chi connectivity index (χ1v) is 9.49. The van der Waals surface area contributed by atoms with Gasteiger partial charge in [0.25, 0.3) is 0 Å². The first kappa shape index (κ1) is 23.5. The predicted octanol–water partition coefficient (Wildman–Crippen LogP) is -0.748. The van der Waals surface area contributed by atoms with Crippen LogP contribution in [-0.2, 0) is 16.1 Å². The van der Waals surface area contributed by atoms with Gasteiger partial charge in [0, 0.05) is 5.39 Å². The molecule has 0 aliphatic heterocycles. The van der Waals surface area contributed by atoms with Crippen LogP contribution in [0, 0.1) is 6.92 Å². The fraction of sp³-hybridized carbons (Fsp3) is 0.182. The number of carbonyl (C=O) groups excluding carboxylic acids is 2. The van der Waals surface area contributed by atoms with E-state index >= 15 is 0 Å². The van der Waals surface area contributed by atoms with Gasteiger partial charge in [0.05, 0.1) is 41.9 Å². The molecule has 1 N–H and O–H groups in total. The van der Waals surface area contributed by atoms with E-state index < -0.39 is 18.6 Å². The van der Waals surface area contributed by atoms with Crippen molar-refractivity contribution < 1.29 is 53.7 Å². The number of aryl methyl sites for hydroxylation is 1. The molecule has 0 bridgehead atoms. The molecule has 0 aliphatic carbocycles. The Hall–Kier alpha value is -3.14. The Kier molecular flexibility index (Phi) is 7.34. The molecule has 158 valence electrons. The van der Waals surface area contributed by atoms with E-state index in [-0.39, 0.29) is 41.8 Å². The van der Waals surface area contributed by atoms with Gasteiger partial charge in [-0.1, -0.05) is 30.3 Å². The zero-order chi connectivity index (χ0) is 22.0. The number of aliphatic carboxylic acids is 1. The van der Waals surface area contributed by atoms with Crippen LogP contribution >= 0.6 is 0 Å². The average Bonchev–Trinajstić information content (AvgIpc) is 3.11. The van der Waals surface area contributed by atoms with Crippen molar-refractivity contribution in [3.63, 3.8) is 0 Å². The minimum atomic E-state index is -1.27. The maximum Gasteiger partial charge on any atom is 1.00 e. The number of pyridine rings is 1. The van der Waals surface area contributed by atoms with Gasteiger partial charge in [0.15, 0.2) is 5.65 Å². The summed E-state index contributed by atoms with van der Waals surface area (Å²) in [6.45, 7) is 1.37. The van der Waals surface area contributed by atoms with Crippen LogP contribution in [0.1, 0.15) is 11.3 Å². The third kappa shape index (κ3) is 4.69. The number of carbonyl (C=O) groups is 2. The molecule has 10 heteroatoms. The minimum Gasteiger partial charge on any atom is -0.548 e. The number of methoxy groups -OCH3 is 1. The number of hydrogen-bond acceptors (Lipinski definition) is 8. The van der Waals surface area contributed by atoms with E-state index in [0.29, 0.717) is 33.4 Å². The fourth-order valence-electron chi connectivity index (χ4n) is 3.35. The third-order valence-corrected chi connectivity index (χ3v) is 4.77. The van der Waals surface area contributed by atoms with Gasteiger partial charge in [-0.05, 0) is 30.7 Å². The van der Waals surface area contributed by atoms with Crippen molar-refractivity contribution in [3.05, 3.63) is 59.8 Å². The zero-order valence-electron chi connectivity index (χ0n) is 17.9. The van der Waals surface area contributed by atoms with Crippen LogP contribution in [0.3, 0.4) is 0 Å². The Morgan fingerprint density at radius 2 is 1.91 bits per heavy atom. The van der Waals surface area contributed by atoms with Gasteiger partial charge in [0.2, 0.25) is 0 Å². The van der Waals surface area contributed by atoms with Crippen molar-refractivity contribution in [2.75, 3.05) is 19.0 Å². The first-order chi connectivity index (χ1) is 15.0. The quantitative estimate of drug-likeness (QED) is 0.388. The van der Waals surface area contributed by atoms with Gasteiger partial charge in [-0.3, -0.25) is 0 Å². The number of rotatable bonds is 6. The van der Waals surface area contributed by atoms with E-state index in [2.05, 4.69) is 15.4 Å². The van der Waals surface area contributed by atoms with Crippen molar-refractivity contribution in [1.29, 1.82) is 0 Å². The number of nitrogens with one attached hydrogen (secondary N) is 1. The number of carboxylic acids is 1. The molecule has 0 saturated heterocycles. The minimum absolute atomic E-state index is 0. The summed E-state index contributed by atoms with van der Waals surface area (Å²) in [5, 5.41) is 19.4. The second kappa shape index (κ2) is 9.99. The Bertz CT molecular complexity index is 1290.